The summed E-state index contributed by atoms with van der Waals surface area (Å²) in [5.74, 6) is 4.33. The van der Waals surface area contributed by atoms with E-state index in [0.717, 1.165) is 18.2 Å². The fourth-order valence-electron chi connectivity index (χ4n) is 1.79. The number of carbonyl (C=O) groups excluding carboxylic acids is 1. The van der Waals surface area contributed by atoms with Crippen LogP contribution in [0.1, 0.15) is 11.1 Å². The highest BCUT2D eigenvalue weighted by Crippen LogP contribution is 2.34. The first-order valence-electron chi connectivity index (χ1n) is 6.53. The van der Waals surface area contributed by atoms with Crippen molar-refractivity contribution >= 4 is 11.6 Å². The Hall–Kier alpha value is -2.94. The molecular formula is C17H12F3NO2. The van der Waals surface area contributed by atoms with E-state index >= 15 is 0 Å². The zero-order valence-corrected chi connectivity index (χ0v) is 12.1. The van der Waals surface area contributed by atoms with Crippen LogP contribution in [0.5, 0.6) is 5.75 Å². The summed E-state index contributed by atoms with van der Waals surface area (Å²) in [7, 11) is 1.30. The number of carbonyl (C=O) groups is 1. The number of ether oxygens (including phenoxy) is 1. The van der Waals surface area contributed by atoms with Crippen molar-refractivity contribution in [3.05, 3.63) is 59.7 Å². The molecule has 118 valence electrons. The van der Waals surface area contributed by atoms with E-state index in [9.17, 15) is 18.0 Å². The van der Waals surface area contributed by atoms with Gasteiger partial charge in [-0.3, -0.25) is 4.79 Å². The van der Waals surface area contributed by atoms with Gasteiger partial charge in [0, 0.05) is 11.5 Å². The molecule has 0 atom stereocenters. The first-order valence-corrected chi connectivity index (χ1v) is 6.53. The molecule has 0 fully saturated rings. The molecule has 6 heteroatoms. The number of benzene rings is 2. The smallest absolute Gasteiger partial charge is 0.416 e. The number of methoxy groups -OCH3 is 1. The Morgan fingerprint density at radius 2 is 1.83 bits per heavy atom. The summed E-state index contributed by atoms with van der Waals surface area (Å²) in [5, 5.41) is 2.31. The molecule has 2 rings (SSSR count). The van der Waals surface area contributed by atoms with Gasteiger partial charge in [-0.25, -0.2) is 0 Å². The van der Waals surface area contributed by atoms with Crippen LogP contribution >= 0.6 is 0 Å². The summed E-state index contributed by atoms with van der Waals surface area (Å²) in [6.07, 6.45) is -4.51. The molecule has 1 N–H and O–H groups in total. The number of halogens is 3. The van der Waals surface area contributed by atoms with Gasteiger partial charge in [0.25, 0.3) is 0 Å². The van der Waals surface area contributed by atoms with Gasteiger partial charge in [-0.1, -0.05) is 24.1 Å². The van der Waals surface area contributed by atoms with Crippen molar-refractivity contribution in [2.75, 3.05) is 12.4 Å². The molecule has 0 heterocycles. The molecule has 0 aliphatic rings. The van der Waals surface area contributed by atoms with Crippen LogP contribution in [-0.2, 0) is 11.0 Å². The second-order valence-electron chi connectivity index (χ2n) is 4.48. The Kier molecular flexibility index (Phi) is 4.91. The lowest BCUT2D eigenvalue weighted by Crippen LogP contribution is -2.12. The summed E-state index contributed by atoms with van der Waals surface area (Å²) in [5.41, 5.74) is -0.349. The molecule has 3 nitrogen and oxygen atoms in total. The van der Waals surface area contributed by atoms with Crippen LogP contribution in [0, 0.1) is 11.8 Å². The van der Waals surface area contributed by atoms with Gasteiger partial charge in [0.05, 0.1) is 18.4 Å². The molecule has 0 radical (unpaired) electrons. The topological polar surface area (TPSA) is 38.3 Å². The Morgan fingerprint density at radius 3 is 2.43 bits per heavy atom. The Morgan fingerprint density at radius 1 is 1.13 bits per heavy atom. The fourth-order valence-corrected chi connectivity index (χ4v) is 1.79. The average Bonchev–Trinajstić information content (AvgIpc) is 2.53. The maximum atomic E-state index is 12.7. The van der Waals surface area contributed by atoms with Crippen LogP contribution in [-0.4, -0.2) is 13.0 Å². The third-order valence-electron chi connectivity index (χ3n) is 2.87. The molecule has 0 bridgehead atoms. The van der Waals surface area contributed by atoms with Gasteiger partial charge >= 0.3 is 12.1 Å². The van der Waals surface area contributed by atoms with E-state index in [1.165, 1.54) is 7.11 Å². The number of hydrogen-bond acceptors (Lipinski definition) is 2. The predicted octanol–water partition coefficient (Wildman–Crippen LogP) is 3.70. The van der Waals surface area contributed by atoms with Crippen molar-refractivity contribution in [3.8, 4) is 17.6 Å². The number of amides is 1. The Bertz CT molecular complexity index is 759. The molecule has 0 unspecified atom stereocenters. The molecular weight excluding hydrogens is 307 g/mol. The fraction of sp³-hybridized carbons (Fsp3) is 0.118. The van der Waals surface area contributed by atoms with E-state index in [1.807, 2.05) is 0 Å². The van der Waals surface area contributed by atoms with Crippen molar-refractivity contribution in [2.24, 2.45) is 0 Å². The predicted molar refractivity (Wildman–Crippen MR) is 79.9 cm³/mol. The number of alkyl halides is 3. The molecule has 2 aromatic carbocycles. The molecule has 0 spiro atoms. The Balaban J connectivity index is 2.22. The first kappa shape index (κ1) is 16.4. The van der Waals surface area contributed by atoms with E-state index in [-0.39, 0.29) is 11.4 Å². The minimum Gasteiger partial charge on any atom is -0.495 e. The lowest BCUT2D eigenvalue weighted by Gasteiger charge is -2.12. The lowest BCUT2D eigenvalue weighted by molar-refractivity contribution is -0.137. The van der Waals surface area contributed by atoms with Gasteiger partial charge in [0.2, 0.25) is 0 Å². The van der Waals surface area contributed by atoms with Crippen molar-refractivity contribution in [3.63, 3.8) is 0 Å². The summed E-state index contributed by atoms with van der Waals surface area (Å²) in [6, 6.07) is 11.6. The van der Waals surface area contributed by atoms with Crippen LogP contribution < -0.4 is 10.1 Å². The second-order valence-corrected chi connectivity index (χ2v) is 4.48. The van der Waals surface area contributed by atoms with Gasteiger partial charge < -0.3 is 10.1 Å². The molecule has 0 aliphatic heterocycles. The molecule has 23 heavy (non-hydrogen) atoms. The SMILES string of the molecule is COc1ccc(C(F)(F)F)cc1NC(=O)C#Cc1ccccc1. The normalized spacial score (nSPS) is 10.4. The minimum absolute atomic E-state index is 0.0883. The zero-order chi connectivity index (χ0) is 16.9. The summed E-state index contributed by atoms with van der Waals surface area (Å²) >= 11 is 0. The number of hydrogen-bond donors (Lipinski definition) is 1. The van der Waals surface area contributed by atoms with E-state index < -0.39 is 17.6 Å². The molecule has 0 aliphatic carbocycles. The van der Waals surface area contributed by atoms with Crippen LogP contribution in [0.2, 0.25) is 0 Å². The van der Waals surface area contributed by atoms with Crippen molar-refractivity contribution in [1.29, 1.82) is 0 Å². The number of anilines is 1. The first-order chi connectivity index (χ1) is 10.9. The van der Waals surface area contributed by atoms with Crippen molar-refractivity contribution < 1.29 is 22.7 Å². The highest BCUT2D eigenvalue weighted by Gasteiger charge is 2.31. The monoisotopic (exact) mass is 319 g/mol. The van der Waals surface area contributed by atoms with Crippen LogP contribution in [0.25, 0.3) is 0 Å². The van der Waals surface area contributed by atoms with E-state index in [1.54, 1.807) is 30.3 Å². The van der Waals surface area contributed by atoms with Gasteiger partial charge in [-0.15, -0.1) is 0 Å². The van der Waals surface area contributed by atoms with Gasteiger partial charge in [-0.2, -0.15) is 13.2 Å². The van der Waals surface area contributed by atoms with E-state index in [2.05, 4.69) is 17.2 Å². The maximum Gasteiger partial charge on any atom is 0.416 e. The molecule has 0 saturated carbocycles. The van der Waals surface area contributed by atoms with Crippen LogP contribution in [0.3, 0.4) is 0 Å². The lowest BCUT2D eigenvalue weighted by atomic mass is 10.1. The third kappa shape index (κ3) is 4.51. The standard InChI is InChI=1S/C17H12F3NO2/c1-23-15-9-8-13(17(18,19)20)11-14(15)21-16(22)10-7-12-5-3-2-4-6-12/h2-6,8-9,11H,1H3,(H,21,22). The molecule has 0 saturated heterocycles. The number of nitrogens with one attached hydrogen (secondary N) is 1. The van der Waals surface area contributed by atoms with Crippen LogP contribution in [0.15, 0.2) is 48.5 Å². The largest absolute Gasteiger partial charge is 0.495 e. The highest BCUT2D eigenvalue weighted by atomic mass is 19.4. The minimum atomic E-state index is -4.51. The highest BCUT2D eigenvalue weighted by molar-refractivity contribution is 6.05. The summed E-state index contributed by atoms with van der Waals surface area (Å²) in [4.78, 5) is 11.8. The van der Waals surface area contributed by atoms with Gasteiger partial charge in [-0.05, 0) is 30.3 Å². The van der Waals surface area contributed by atoms with Crippen molar-refractivity contribution in [2.45, 2.75) is 6.18 Å². The van der Waals surface area contributed by atoms with Crippen molar-refractivity contribution in [1.82, 2.24) is 0 Å². The summed E-state index contributed by atoms with van der Waals surface area (Å²) in [6.45, 7) is 0. The van der Waals surface area contributed by atoms with E-state index in [0.29, 0.717) is 5.56 Å². The Labute approximate surface area is 131 Å². The second kappa shape index (κ2) is 6.88. The molecule has 0 aromatic heterocycles. The quantitative estimate of drug-likeness (QED) is 0.857. The molecule has 1 amide bonds. The zero-order valence-electron chi connectivity index (χ0n) is 12.1. The van der Waals surface area contributed by atoms with E-state index in [4.69, 9.17) is 4.74 Å². The van der Waals surface area contributed by atoms with Gasteiger partial charge in [0.15, 0.2) is 0 Å². The average molecular weight is 319 g/mol. The van der Waals surface area contributed by atoms with Crippen LogP contribution in [0.4, 0.5) is 18.9 Å². The van der Waals surface area contributed by atoms with Gasteiger partial charge in [0.1, 0.15) is 5.75 Å². The third-order valence-corrected chi connectivity index (χ3v) is 2.87. The molecule has 2 aromatic rings. The maximum absolute atomic E-state index is 12.7. The summed E-state index contributed by atoms with van der Waals surface area (Å²) < 4.78 is 43.1. The number of rotatable bonds is 2.